The molecule has 5 rings (SSSR count). The minimum absolute atomic E-state index is 0.00613. The minimum atomic E-state index is -0.192. The number of nitrogens with one attached hydrogen (secondary N) is 2. The second-order valence-electron chi connectivity index (χ2n) is 9.47. The number of hydrogen-bond donors (Lipinski definition) is 2. The molecule has 2 aromatic heterocycles. The Morgan fingerprint density at radius 1 is 1.03 bits per heavy atom. The zero-order chi connectivity index (χ0) is 26.8. The van der Waals surface area contributed by atoms with Gasteiger partial charge in [-0.1, -0.05) is 24.3 Å². The molecule has 1 fully saturated rings. The van der Waals surface area contributed by atoms with Crippen molar-refractivity contribution in [3.63, 3.8) is 0 Å². The van der Waals surface area contributed by atoms with E-state index in [4.69, 9.17) is 17.0 Å². The van der Waals surface area contributed by atoms with E-state index in [-0.39, 0.29) is 24.6 Å². The first-order chi connectivity index (χ1) is 18.4. The normalized spacial score (nSPS) is 16.9. The van der Waals surface area contributed by atoms with E-state index in [2.05, 4.69) is 75.3 Å². The lowest BCUT2D eigenvalue weighted by Gasteiger charge is -2.29. The van der Waals surface area contributed by atoms with Crippen LogP contribution in [-0.4, -0.2) is 34.3 Å². The molecule has 7 nitrogen and oxygen atoms in total. The van der Waals surface area contributed by atoms with Gasteiger partial charge in [-0.3, -0.25) is 9.78 Å². The number of amides is 1. The fourth-order valence-corrected chi connectivity index (χ4v) is 5.61. The molecular formula is C30H31N5O2S. The minimum Gasteiger partial charge on any atom is -0.375 e. The van der Waals surface area contributed by atoms with Crippen molar-refractivity contribution in [3.8, 4) is 5.69 Å². The highest BCUT2D eigenvalue weighted by Gasteiger charge is 2.42. The Balaban J connectivity index is 1.60. The summed E-state index contributed by atoms with van der Waals surface area (Å²) in [4.78, 5) is 18.9. The van der Waals surface area contributed by atoms with Crippen LogP contribution in [0.2, 0.25) is 0 Å². The lowest BCUT2D eigenvalue weighted by molar-refractivity contribution is -0.119. The fraction of sp³-hybridized carbons (Fsp3) is 0.233. The van der Waals surface area contributed by atoms with Gasteiger partial charge in [0.15, 0.2) is 5.11 Å². The molecule has 1 saturated heterocycles. The molecule has 1 aliphatic heterocycles. The molecule has 8 heteroatoms. The van der Waals surface area contributed by atoms with Crippen LogP contribution in [-0.2, 0) is 9.53 Å². The van der Waals surface area contributed by atoms with Crippen LogP contribution in [0.15, 0.2) is 79.0 Å². The molecule has 0 radical (unpaired) electrons. The van der Waals surface area contributed by atoms with E-state index >= 15 is 0 Å². The van der Waals surface area contributed by atoms with E-state index < -0.39 is 0 Å². The Morgan fingerprint density at radius 3 is 2.47 bits per heavy atom. The molecule has 2 aromatic carbocycles. The molecule has 0 unspecified atom stereocenters. The number of ether oxygens (including phenoxy) is 1. The maximum atomic E-state index is 12.1. The van der Waals surface area contributed by atoms with Crippen LogP contribution in [0.25, 0.3) is 5.69 Å². The molecule has 38 heavy (non-hydrogen) atoms. The third kappa shape index (κ3) is 4.80. The van der Waals surface area contributed by atoms with Gasteiger partial charge in [0.1, 0.15) is 6.61 Å². The van der Waals surface area contributed by atoms with Crippen LogP contribution in [0.5, 0.6) is 0 Å². The number of nitrogens with zero attached hydrogens (tertiary/aromatic N) is 3. The largest absolute Gasteiger partial charge is 0.375 e. The molecule has 3 heterocycles. The summed E-state index contributed by atoms with van der Waals surface area (Å²) in [5.41, 5.74) is 8.13. The van der Waals surface area contributed by atoms with Crippen LogP contribution < -0.4 is 15.5 Å². The smallest absolute Gasteiger partial charge is 0.250 e. The molecule has 0 aliphatic carbocycles. The zero-order valence-corrected chi connectivity index (χ0v) is 22.8. The Hall–Kier alpha value is -4.01. The number of benzene rings is 2. The number of rotatable bonds is 7. The highest BCUT2D eigenvalue weighted by atomic mass is 32.1. The summed E-state index contributed by atoms with van der Waals surface area (Å²) in [5, 5.41) is 7.09. The van der Waals surface area contributed by atoms with Gasteiger partial charge in [-0.2, -0.15) is 0 Å². The molecule has 4 aromatic rings. The predicted molar refractivity (Wildman–Crippen MR) is 155 cm³/mol. The SMILES string of the molecule is COCC(=O)Nc1ccc(N2C(=S)N[C@@H](c3ccccn3)[C@H]2c2cc(C)n(-c3ccccc3)c2C)cc1C. The first kappa shape index (κ1) is 25.6. The Morgan fingerprint density at radius 2 is 1.79 bits per heavy atom. The van der Waals surface area contributed by atoms with Gasteiger partial charge in [-0.05, 0) is 92.6 Å². The molecule has 0 bridgehead atoms. The van der Waals surface area contributed by atoms with Gasteiger partial charge in [0, 0.05) is 41.8 Å². The van der Waals surface area contributed by atoms with Crippen LogP contribution >= 0.6 is 12.2 Å². The van der Waals surface area contributed by atoms with E-state index in [1.807, 2.05) is 49.5 Å². The van der Waals surface area contributed by atoms with Gasteiger partial charge in [-0.25, -0.2) is 0 Å². The lowest BCUT2D eigenvalue weighted by atomic mass is 9.96. The van der Waals surface area contributed by atoms with Crippen LogP contribution in [0.4, 0.5) is 11.4 Å². The predicted octanol–water partition coefficient (Wildman–Crippen LogP) is 5.56. The standard InChI is InChI=1S/C30H31N5O2S/c1-19-16-23(13-14-25(19)32-27(36)18-37-4)35-29(28(33-30(35)38)26-12-8-9-15-31-26)24-17-20(2)34(21(24)3)22-10-6-5-7-11-22/h5-17,28-29H,18H2,1-4H3,(H,32,36)(H,33,38)/t28-,29+/m0/s1. The van der Waals surface area contributed by atoms with Crippen molar-refractivity contribution < 1.29 is 9.53 Å². The summed E-state index contributed by atoms with van der Waals surface area (Å²) in [7, 11) is 1.50. The summed E-state index contributed by atoms with van der Waals surface area (Å²) in [5.74, 6) is -0.192. The van der Waals surface area contributed by atoms with Crippen molar-refractivity contribution in [3.05, 3.63) is 107 Å². The van der Waals surface area contributed by atoms with Gasteiger partial charge in [0.05, 0.1) is 17.8 Å². The summed E-state index contributed by atoms with van der Waals surface area (Å²) in [6.07, 6.45) is 1.81. The monoisotopic (exact) mass is 525 g/mol. The van der Waals surface area contributed by atoms with Crippen LogP contribution in [0.3, 0.4) is 0 Å². The first-order valence-electron chi connectivity index (χ1n) is 12.5. The Kier molecular flexibility index (Phi) is 7.26. The van der Waals surface area contributed by atoms with Crippen molar-refractivity contribution in [2.24, 2.45) is 0 Å². The second kappa shape index (κ2) is 10.8. The molecule has 1 amide bonds. The van der Waals surface area contributed by atoms with Crippen molar-refractivity contribution in [2.45, 2.75) is 32.9 Å². The van der Waals surface area contributed by atoms with Gasteiger partial charge < -0.3 is 24.8 Å². The molecular weight excluding hydrogens is 494 g/mol. The number of hydrogen-bond acceptors (Lipinski definition) is 4. The molecule has 194 valence electrons. The van der Waals surface area contributed by atoms with Gasteiger partial charge in [0.25, 0.3) is 0 Å². The highest BCUT2D eigenvalue weighted by molar-refractivity contribution is 7.80. The van der Waals surface area contributed by atoms with Gasteiger partial charge in [0.2, 0.25) is 5.91 Å². The number of thiocarbonyl (C=S) groups is 1. The fourth-order valence-electron chi connectivity index (χ4n) is 5.27. The number of para-hydroxylation sites is 1. The summed E-state index contributed by atoms with van der Waals surface area (Å²) >= 11 is 5.93. The third-order valence-electron chi connectivity index (χ3n) is 6.94. The van der Waals surface area contributed by atoms with E-state index in [0.29, 0.717) is 5.11 Å². The summed E-state index contributed by atoms with van der Waals surface area (Å²) in [6.45, 7) is 6.27. The molecule has 1 aliphatic rings. The van der Waals surface area contributed by atoms with E-state index in [9.17, 15) is 4.79 Å². The van der Waals surface area contributed by atoms with Crippen LogP contribution in [0, 0.1) is 20.8 Å². The maximum absolute atomic E-state index is 12.1. The lowest BCUT2D eigenvalue weighted by Crippen LogP contribution is -2.29. The van der Waals surface area contributed by atoms with E-state index in [0.717, 1.165) is 39.7 Å². The Labute approximate surface area is 228 Å². The number of aryl methyl sites for hydroxylation is 2. The third-order valence-corrected chi connectivity index (χ3v) is 7.25. The van der Waals surface area contributed by atoms with Crippen molar-refractivity contribution >= 4 is 34.6 Å². The highest BCUT2D eigenvalue weighted by Crippen LogP contribution is 2.44. The molecule has 2 N–H and O–H groups in total. The molecule has 0 saturated carbocycles. The van der Waals surface area contributed by atoms with Crippen LogP contribution in [0.1, 0.15) is 40.3 Å². The molecule has 0 spiro atoms. The van der Waals surface area contributed by atoms with Crippen molar-refractivity contribution in [2.75, 3.05) is 23.9 Å². The number of aromatic nitrogens is 2. The van der Waals surface area contributed by atoms with E-state index in [1.165, 1.54) is 12.7 Å². The topological polar surface area (TPSA) is 71.4 Å². The van der Waals surface area contributed by atoms with Gasteiger partial charge >= 0.3 is 0 Å². The Bertz CT molecular complexity index is 1470. The average Bonchev–Trinajstić information content (AvgIpc) is 3.41. The quantitative estimate of drug-likeness (QED) is 0.308. The summed E-state index contributed by atoms with van der Waals surface area (Å²) < 4.78 is 7.23. The maximum Gasteiger partial charge on any atom is 0.250 e. The number of carbonyl (C=O) groups excluding carboxylic acids is 1. The van der Waals surface area contributed by atoms with Crippen molar-refractivity contribution in [1.82, 2.24) is 14.9 Å². The van der Waals surface area contributed by atoms with Crippen molar-refractivity contribution in [1.29, 1.82) is 0 Å². The average molecular weight is 526 g/mol. The first-order valence-corrected chi connectivity index (χ1v) is 12.9. The zero-order valence-electron chi connectivity index (χ0n) is 21.9. The van der Waals surface area contributed by atoms with Gasteiger partial charge in [-0.15, -0.1) is 0 Å². The van der Waals surface area contributed by atoms with E-state index in [1.54, 1.807) is 0 Å². The molecule has 2 atom stereocenters. The number of pyridine rings is 1. The second-order valence-corrected chi connectivity index (χ2v) is 9.86. The number of methoxy groups -OCH3 is 1. The summed E-state index contributed by atoms with van der Waals surface area (Å²) in [6, 6.07) is 24.3. The number of anilines is 2. The number of carbonyl (C=O) groups is 1.